The highest BCUT2D eigenvalue weighted by molar-refractivity contribution is 6.06. The van der Waals surface area contributed by atoms with E-state index < -0.39 is 17.6 Å². The van der Waals surface area contributed by atoms with E-state index in [2.05, 4.69) is 5.32 Å². The summed E-state index contributed by atoms with van der Waals surface area (Å²) in [6, 6.07) is 4.10. The molecule has 1 aromatic rings. The van der Waals surface area contributed by atoms with Crippen LogP contribution in [-0.4, -0.2) is 29.2 Å². The molecule has 1 aromatic carbocycles. The Morgan fingerprint density at radius 1 is 1.04 bits per heavy atom. The molecule has 0 aromatic heterocycles. The van der Waals surface area contributed by atoms with Gasteiger partial charge in [0.1, 0.15) is 0 Å². The number of hydrogen-bond donors (Lipinski definition) is 1. The van der Waals surface area contributed by atoms with Crippen molar-refractivity contribution >= 4 is 23.4 Å². The fourth-order valence-corrected chi connectivity index (χ4v) is 4.36. The van der Waals surface area contributed by atoms with Crippen LogP contribution in [0.1, 0.15) is 18.4 Å². The number of likely N-dealkylation sites (tertiary alicyclic amines) is 1. The van der Waals surface area contributed by atoms with Gasteiger partial charge in [0.25, 0.3) is 0 Å². The third-order valence-corrected chi connectivity index (χ3v) is 5.62. The SMILES string of the molecule is O=C(CCN1C(=O)C2C3C=CC(C3)C2C1=O)Nc1ccc(C(F)(F)F)cc1. The molecule has 1 saturated heterocycles. The number of halogens is 3. The Bertz CT molecular complexity index is 802. The molecule has 3 amide bonds. The molecule has 27 heavy (non-hydrogen) atoms. The molecule has 2 aliphatic carbocycles. The van der Waals surface area contributed by atoms with Gasteiger partial charge in [-0.25, -0.2) is 0 Å². The van der Waals surface area contributed by atoms with Crippen molar-refractivity contribution in [1.29, 1.82) is 0 Å². The second-order valence-electron chi connectivity index (χ2n) is 7.20. The summed E-state index contributed by atoms with van der Waals surface area (Å²) in [5.41, 5.74) is -0.574. The predicted octanol–water partition coefficient (Wildman–Crippen LogP) is 2.84. The van der Waals surface area contributed by atoms with Crippen LogP contribution in [-0.2, 0) is 20.6 Å². The van der Waals surface area contributed by atoms with Crippen molar-refractivity contribution < 1.29 is 27.6 Å². The maximum absolute atomic E-state index is 12.5. The number of carbonyl (C=O) groups is 3. The molecule has 4 rings (SSSR count). The second-order valence-corrected chi connectivity index (χ2v) is 7.20. The Labute approximate surface area is 153 Å². The molecule has 142 valence electrons. The third-order valence-electron chi connectivity index (χ3n) is 5.62. The van der Waals surface area contributed by atoms with Gasteiger partial charge in [0.05, 0.1) is 17.4 Å². The van der Waals surface area contributed by atoms with Gasteiger partial charge in [-0.05, 0) is 42.5 Å². The molecule has 0 radical (unpaired) electrons. The number of carbonyl (C=O) groups excluding carboxylic acids is 3. The number of alkyl halides is 3. The number of imide groups is 1. The molecule has 1 aliphatic heterocycles. The summed E-state index contributed by atoms with van der Waals surface area (Å²) in [6.07, 6.45) is 0.302. The minimum Gasteiger partial charge on any atom is -0.326 e. The van der Waals surface area contributed by atoms with Crippen LogP contribution in [0.25, 0.3) is 0 Å². The summed E-state index contributed by atoms with van der Waals surface area (Å²) in [6.45, 7) is -0.0173. The standard InChI is InChI=1S/C19H17F3N2O3/c20-19(21,22)12-3-5-13(6-4-12)23-14(25)7-8-24-17(26)15-10-1-2-11(9-10)16(15)18(24)27/h1-6,10-11,15-16H,7-9H2,(H,23,25). The Kier molecular flexibility index (Phi) is 4.09. The Hall–Kier alpha value is -2.64. The molecule has 1 heterocycles. The number of nitrogens with one attached hydrogen (secondary N) is 1. The van der Waals surface area contributed by atoms with E-state index in [1.165, 1.54) is 12.1 Å². The van der Waals surface area contributed by atoms with E-state index in [0.29, 0.717) is 0 Å². The molecule has 4 atom stereocenters. The number of amides is 3. The zero-order valence-electron chi connectivity index (χ0n) is 14.2. The molecule has 4 unspecified atom stereocenters. The first-order valence-electron chi connectivity index (χ1n) is 8.76. The van der Waals surface area contributed by atoms with Crippen molar-refractivity contribution in [3.63, 3.8) is 0 Å². The minimum atomic E-state index is -4.44. The third kappa shape index (κ3) is 3.02. The summed E-state index contributed by atoms with van der Waals surface area (Å²) < 4.78 is 37.6. The van der Waals surface area contributed by atoms with Gasteiger partial charge < -0.3 is 5.32 Å². The fourth-order valence-electron chi connectivity index (χ4n) is 4.36. The first-order chi connectivity index (χ1) is 12.8. The monoisotopic (exact) mass is 378 g/mol. The summed E-state index contributed by atoms with van der Waals surface area (Å²) in [5, 5.41) is 2.49. The first kappa shape index (κ1) is 17.8. The van der Waals surface area contributed by atoms with Crippen molar-refractivity contribution in [2.24, 2.45) is 23.7 Å². The van der Waals surface area contributed by atoms with Gasteiger partial charge in [-0.15, -0.1) is 0 Å². The number of nitrogens with zero attached hydrogens (tertiary/aromatic N) is 1. The molecule has 1 saturated carbocycles. The summed E-state index contributed by atoms with van der Waals surface area (Å²) in [7, 11) is 0. The summed E-state index contributed by atoms with van der Waals surface area (Å²) in [5.74, 6) is -1.28. The van der Waals surface area contributed by atoms with E-state index in [-0.39, 0.29) is 54.1 Å². The highest BCUT2D eigenvalue weighted by atomic mass is 19.4. The minimum absolute atomic E-state index is 0.0173. The quantitative estimate of drug-likeness (QED) is 0.647. The predicted molar refractivity (Wildman–Crippen MR) is 89.1 cm³/mol. The van der Waals surface area contributed by atoms with Gasteiger partial charge >= 0.3 is 6.18 Å². The lowest BCUT2D eigenvalue weighted by atomic mass is 9.85. The average molecular weight is 378 g/mol. The lowest BCUT2D eigenvalue weighted by Crippen LogP contribution is -2.35. The number of rotatable bonds is 4. The molecule has 1 N–H and O–H groups in total. The summed E-state index contributed by atoms with van der Waals surface area (Å²) >= 11 is 0. The molecule has 2 bridgehead atoms. The lowest BCUT2D eigenvalue weighted by Gasteiger charge is -2.17. The maximum atomic E-state index is 12.5. The number of allylic oxidation sites excluding steroid dienone is 2. The zero-order chi connectivity index (χ0) is 19.3. The van der Waals surface area contributed by atoms with Gasteiger partial charge in [0.2, 0.25) is 17.7 Å². The van der Waals surface area contributed by atoms with Gasteiger partial charge in [-0.3, -0.25) is 19.3 Å². The van der Waals surface area contributed by atoms with Crippen LogP contribution in [0, 0.1) is 23.7 Å². The van der Waals surface area contributed by atoms with Crippen LogP contribution in [0.5, 0.6) is 0 Å². The van der Waals surface area contributed by atoms with Crippen LogP contribution in [0.2, 0.25) is 0 Å². The van der Waals surface area contributed by atoms with Gasteiger partial charge in [0.15, 0.2) is 0 Å². The van der Waals surface area contributed by atoms with E-state index in [1.54, 1.807) is 0 Å². The first-order valence-corrected chi connectivity index (χ1v) is 8.76. The molecule has 3 aliphatic rings. The number of benzene rings is 1. The van der Waals surface area contributed by atoms with E-state index in [4.69, 9.17) is 0 Å². The van der Waals surface area contributed by atoms with E-state index >= 15 is 0 Å². The van der Waals surface area contributed by atoms with Crippen molar-refractivity contribution in [3.8, 4) is 0 Å². The maximum Gasteiger partial charge on any atom is 0.416 e. The van der Waals surface area contributed by atoms with Crippen molar-refractivity contribution in [3.05, 3.63) is 42.0 Å². The topological polar surface area (TPSA) is 66.5 Å². The van der Waals surface area contributed by atoms with Gasteiger partial charge in [-0.1, -0.05) is 12.2 Å². The number of fused-ring (bicyclic) bond motifs is 5. The van der Waals surface area contributed by atoms with Crippen molar-refractivity contribution in [2.75, 3.05) is 11.9 Å². The smallest absolute Gasteiger partial charge is 0.326 e. The number of anilines is 1. The van der Waals surface area contributed by atoms with Gasteiger partial charge in [0, 0.05) is 18.7 Å². The average Bonchev–Trinajstić information content (AvgIpc) is 3.28. The van der Waals surface area contributed by atoms with E-state index in [1.807, 2.05) is 12.2 Å². The summed E-state index contributed by atoms with van der Waals surface area (Å²) in [4.78, 5) is 38.3. The van der Waals surface area contributed by atoms with Crippen molar-refractivity contribution in [2.45, 2.75) is 19.0 Å². The Morgan fingerprint density at radius 3 is 2.11 bits per heavy atom. The largest absolute Gasteiger partial charge is 0.416 e. The highest BCUT2D eigenvalue weighted by Gasteiger charge is 2.59. The Balaban J connectivity index is 1.34. The normalized spacial score (nSPS) is 28.8. The second kappa shape index (κ2) is 6.21. The zero-order valence-corrected chi connectivity index (χ0v) is 14.2. The molecular weight excluding hydrogens is 361 g/mol. The van der Waals surface area contributed by atoms with Crippen LogP contribution < -0.4 is 5.32 Å². The fraction of sp³-hybridized carbons (Fsp3) is 0.421. The van der Waals surface area contributed by atoms with Crippen LogP contribution in [0.3, 0.4) is 0 Å². The lowest BCUT2D eigenvalue weighted by molar-refractivity contribution is -0.141. The number of hydrogen-bond acceptors (Lipinski definition) is 3. The van der Waals surface area contributed by atoms with Crippen LogP contribution in [0.15, 0.2) is 36.4 Å². The Morgan fingerprint density at radius 2 is 1.59 bits per heavy atom. The molecular formula is C19H17F3N2O3. The molecule has 2 fully saturated rings. The van der Waals surface area contributed by atoms with Crippen LogP contribution >= 0.6 is 0 Å². The van der Waals surface area contributed by atoms with Crippen molar-refractivity contribution in [1.82, 2.24) is 4.90 Å². The van der Waals surface area contributed by atoms with E-state index in [9.17, 15) is 27.6 Å². The molecule has 5 nitrogen and oxygen atoms in total. The van der Waals surface area contributed by atoms with E-state index in [0.717, 1.165) is 23.5 Å². The molecule has 8 heteroatoms. The molecule has 0 spiro atoms. The highest BCUT2D eigenvalue weighted by Crippen LogP contribution is 2.52. The van der Waals surface area contributed by atoms with Crippen LogP contribution in [0.4, 0.5) is 18.9 Å². The van der Waals surface area contributed by atoms with Gasteiger partial charge in [-0.2, -0.15) is 13.2 Å².